The van der Waals surface area contributed by atoms with Gasteiger partial charge in [0.1, 0.15) is 0 Å². The highest BCUT2D eigenvalue weighted by Crippen LogP contribution is 2.47. The molecular weight excluding hydrogens is 347 g/mol. The molecule has 0 radical (unpaired) electrons. The van der Waals surface area contributed by atoms with E-state index in [2.05, 4.69) is 0 Å². The van der Waals surface area contributed by atoms with Crippen molar-refractivity contribution < 1.29 is 32.7 Å². The lowest BCUT2D eigenvalue weighted by molar-refractivity contribution is -0.171. The van der Waals surface area contributed by atoms with Crippen LogP contribution < -0.4 is 0 Å². The van der Waals surface area contributed by atoms with E-state index in [0.717, 1.165) is 0 Å². The summed E-state index contributed by atoms with van der Waals surface area (Å²) in [6.45, 7) is 8.50. The molecule has 0 saturated heterocycles. The van der Waals surface area contributed by atoms with Crippen molar-refractivity contribution in [3.05, 3.63) is 0 Å². The Hall–Kier alpha value is -1.44. The van der Waals surface area contributed by atoms with E-state index in [1.165, 1.54) is 0 Å². The standard InChI is InChI=1S/C17H29FO6Si/c1-6-22-15(19)12-9-11(25(4,5)18)10-13(16(20)23-7-2)14(12)17(21)24-8-3/h11-14H,6-10H2,1-5H3. The molecule has 0 aromatic heterocycles. The van der Waals surface area contributed by atoms with Crippen molar-refractivity contribution in [3.63, 3.8) is 0 Å². The molecule has 2 atom stereocenters. The van der Waals surface area contributed by atoms with Crippen LogP contribution in [0.25, 0.3) is 0 Å². The first kappa shape index (κ1) is 21.6. The summed E-state index contributed by atoms with van der Waals surface area (Å²) in [5, 5.41) is 0. The quantitative estimate of drug-likeness (QED) is 0.294. The second-order valence-corrected chi connectivity index (χ2v) is 10.7. The third kappa shape index (κ3) is 5.52. The van der Waals surface area contributed by atoms with E-state index in [0.29, 0.717) is 0 Å². The van der Waals surface area contributed by atoms with Crippen LogP contribution >= 0.6 is 0 Å². The second kappa shape index (κ2) is 9.31. The molecule has 2 unspecified atom stereocenters. The van der Waals surface area contributed by atoms with Gasteiger partial charge in [-0.2, -0.15) is 0 Å². The Labute approximate surface area is 149 Å². The number of halogens is 1. The van der Waals surface area contributed by atoms with E-state index >= 15 is 0 Å². The lowest BCUT2D eigenvalue weighted by Gasteiger charge is -2.40. The van der Waals surface area contributed by atoms with E-state index in [1.807, 2.05) is 0 Å². The minimum atomic E-state index is -3.13. The second-order valence-electron chi connectivity index (χ2n) is 6.73. The molecular formula is C17H29FO6Si. The smallest absolute Gasteiger partial charge is 0.310 e. The maximum atomic E-state index is 14.7. The first-order valence-corrected chi connectivity index (χ1v) is 11.8. The fourth-order valence-electron chi connectivity index (χ4n) is 3.39. The van der Waals surface area contributed by atoms with Crippen molar-refractivity contribution >= 4 is 26.3 Å². The Balaban J connectivity index is 3.26. The molecule has 0 amide bonds. The van der Waals surface area contributed by atoms with Gasteiger partial charge in [-0.3, -0.25) is 14.4 Å². The monoisotopic (exact) mass is 376 g/mol. The zero-order valence-electron chi connectivity index (χ0n) is 15.7. The highest BCUT2D eigenvalue weighted by Gasteiger charge is 2.53. The topological polar surface area (TPSA) is 78.9 Å². The highest BCUT2D eigenvalue weighted by molar-refractivity contribution is 6.72. The van der Waals surface area contributed by atoms with Crippen LogP contribution in [0.2, 0.25) is 18.6 Å². The van der Waals surface area contributed by atoms with Gasteiger partial charge in [0.15, 0.2) is 0 Å². The average molecular weight is 376 g/mol. The summed E-state index contributed by atoms with van der Waals surface area (Å²) in [6.07, 6.45) is 0.377. The molecule has 0 spiro atoms. The molecule has 0 N–H and O–H groups in total. The van der Waals surface area contributed by atoms with Crippen molar-refractivity contribution in [3.8, 4) is 0 Å². The Bertz CT molecular complexity index is 462. The lowest BCUT2D eigenvalue weighted by atomic mass is 9.71. The Morgan fingerprint density at radius 1 is 0.840 bits per heavy atom. The number of rotatable bonds is 7. The minimum Gasteiger partial charge on any atom is -0.466 e. The Morgan fingerprint density at radius 2 is 1.20 bits per heavy atom. The number of carbonyl (C=O) groups excluding carboxylic acids is 3. The summed E-state index contributed by atoms with van der Waals surface area (Å²) in [6, 6.07) is 0. The van der Waals surface area contributed by atoms with Gasteiger partial charge >= 0.3 is 17.9 Å². The van der Waals surface area contributed by atoms with Crippen molar-refractivity contribution in [2.45, 2.75) is 52.2 Å². The van der Waals surface area contributed by atoms with E-state index in [-0.39, 0.29) is 32.7 Å². The fourth-order valence-corrected chi connectivity index (χ4v) is 5.02. The Kier molecular flexibility index (Phi) is 8.04. The van der Waals surface area contributed by atoms with Gasteiger partial charge in [0.05, 0.1) is 37.6 Å². The molecule has 0 aromatic rings. The van der Waals surface area contributed by atoms with Gasteiger partial charge in [-0.15, -0.1) is 0 Å². The largest absolute Gasteiger partial charge is 0.466 e. The maximum absolute atomic E-state index is 14.7. The highest BCUT2D eigenvalue weighted by atomic mass is 28.4. The first-order chi connectivity index (χ1) is 11.7. The molecule has 1 aliphatic carbocycles. The summed E-state index contributed by atoms with van der Waals surface area (Å²) < 4.78 is 30.0. The molecule has 0 heterocycles. The summed E-state index contributed by atoms with van der Waals surface area (Å²) >= 11 is 0. The van der Waals surface area contributed by atoms with Crippen LogP contribution in [-0.2, 0) is 28.6 Å². The predicted molar refractivity (Wildman–Crippen MR) is 91.9 cm³/mol. The SMILES string of the molecule is CCOC(=O)C1CC([Si](C)(C)F)CC(C(=O)OCC)C1C(=O)OCC. The van der Waals surface area contributed by atoms with E-state index in [1.54, 1.807) is 33.9 Å². The molecule has 0 aromatic carbocycles. The van der Waals surface area contributed by atoms with Crippen LogP contribution in [0.1, 0.15) is 33.6 Å². The van der Waals surface area contributed by atoms with Crippen LogP contribution in [0.15, 0.2) is 0 Å². The van der Waals surface area contributed by atoms with Gasteiger partial charge in [0.2, 0.25) is 8.41 Å². The van der Waals surface area contributed by atoms with Crippen LogP contribution in [-0.4, -0.2) is 46.1 Å². The number of hydrogen-bond donors (Lipinski definition) is 0. The average Bonchev–Trinajstić information content (AvgIpc) is 2.53. The molecule has 1 fully saturated rings. The zero-order chi connectivity index (χ0) is 19.2. The molecule has 1 saturated carbocycles. The van der Waals surface area contributed by atoms with Gasteiger partial charge in [-0.1, -0.05) is 0 Å². The fraction of sp³-hybridized carbons (Fsp3) is 0.824. The third-order valence-electron chi connectivity index (χ3n) is 4.65. The maximum Gasteiger partial charge on any atom is 0.310 e. The van der Waals surface area contributed by atoms with Crippen LogP contribution in [0.3, 0.4) is 0 Å². The van der Waals surface area contributed by atoms with Gasteiger partial charge in [0, 0.05) is 0 Å². The van der Waals surface area contributed by atoms with E-state index in [9.17, 15) is 18.5 Å². The van der Waals surface area contributed by atoms with E-state index in [4.69, 9.17) is 14.2 Å². The van der Waals surface area contributed by atoms with Crippen molar-refractivity contribution in [1.82, 2.24) is 0 Å². The summed E-state index contributed by atoms with van der Waals surface area (Å²) in [5.74, 6) is -4.58. The van der Waals surface area contributed by atoms with Crippen molar-refractivity contribution in [2.75, 3.05) is 19.8 Å². The molecule has 1 aliphatic rings. The van der Waals surface area contributed by atoms with Gasteiger partial charge in [-0.25, -0.2) is 0 Å². The number of ether oxygens (including phenoxy) is 3. The van der Waals surface area contributed by atoms with Gasteiger partial charge in [-0.05, 0) is 52.2 Å². The molecule has 0 aliphatic heterocycles. The van der Waals surface area contributed by atoms with Crippen LogP contribution in [0.5, 0.6) is 0 Å². The minimum absolute atomic E-state index is 0.132. The molecule has 25 heavy (non-hydrogen) atoms. The molecule has 8 heteroatoms. The Morgan fingerprint density at radius 3 is 1.52 bits per heavy atom. The van der Waals surface area contributed by atoms with Crippen LogP contribution in [0, 0.1) is 17.8 Å². The summed E-state index contributed by atoms with van der Waals surface area (Å²) in [5.41, 5.74) is -0.429. The van der Waals surface area contributed by atoms with E-state index < -0.39 is 49.6 Å². The van der Waals surface area contributed by atoms with Gasteiger partial charge in [0.25, 0.3) is 0 Å². The zero-order valence-corrected chi connectivity index (χ0v) is 16.7. The van der Waals surface area contributed by atoms with Crippen molar-refractivity contribution in [1.29, 1.82) is 0 Å². The van der Waals surface area contributed by atoms with Crippen molar-refractivity contribution in [2.24, 2.45) is 17.8 Å². The van der Waals surface area contributed by atoms with Crippen LogP contribution in [0.4, 0.5) is 4.11 Å². The molecule has 1 rings (SSSR count). The first-order valence-electron chi connectivity index (χ1n) is 8.86. The lowest BCUT2D eigenvalue weighted by Crippen LogP contribution is -2.48. The van der Waals surface area contributed by atoms with Gasteiger partial charge < -0.3 is 18.3 Å². The number of esters is 3. The molecule has 6 nitrogen and oxygen atoms in total. The number of hydrogen-bond acceptors (Lipinski definition) is 6. The molecule has 144 valence electrons. The third-order valence-corrected chi connectivity index (χ3v) is 7.07. The normalized spacial score (nSPS) is 26.6. The number of carbonyl (C=O) groups is 3. The predicted octanol–water partition coefficient (Wildman–Crippen LogP) is 2.86. The molecule has 0 bridgehead atoms. The summed E-state index contributed by atoms with van der Waals surface area (Å²) in [7, 11) is -3.13. The summed E-state index contributed by atoms with van der Waals surface area (Å²) in [4.78, 5) is 37.3.